The number of nitro groups is 1. The van der Waals surface area contributed by atoms with Crippen molar-refractivity contribution in [2.45, 2.75) is 19.8 Å². The minimum atomic E-state index is -0.362. The fourth-order valence-corrected chi connectivity index (χ4v) is 4.92. The molecule has 0 N–H and O–H groups in total. The molecule has 5 rings (SSSR count). The lowest BCUT2D eigenvalue weighted by Crippen LogP contribution is -2.47. The Kier molecular flexibility index (Phi) is 6.88. The highest BCUT2D eigenvalue weighted by molar-refractivity contribution is 5.70. The predicted molar refractivity (Wildman–Crippen MR) is 140 cm³/mol. The minimum absolute atomic E-state index is 0.0929. The normalized spacial score (nSPS) is 15.0. The van der Waals surface area contributed by atoms with Gasteiger partial charge >= 0.3 is 0 Å². The second-order valence-electron chi connectivity index (χ2n) is 9.16. The third-order valence-corrected chi connectivity index (χ3v) is 6.85. The summed E-state index contributed by atoms with van der Waals surface area (Å²) < 4.78 is 2.20. The lowest BCUT2D eigenvalue weighted by atomic mass is 10.1. The molecule has 0 amide bonds. The van der Waals surface area contributed by atoms with Crippen LogP contribution in [0.4, 0.5) is 5.69 Å². The van der Waals surface area contributed by atoms with Crippen molar-refractivity contribution >= 4 is 11.3 Å². The van der Waals surface area contributed by atoms with Crippen molar-refractivity contribution in [1.29, 1.82) is 0 Å². The van der Waals surface area contributed by atoms with Gasteiger partial charge in [-0.25, -0.2) is 4.98 Å². The van der Waals surface area contributed by atoms with Crippen LogP contribution in [0.25, 0.3) is 28.0 Å². The standard InChI is InChI=1S/C28H31N5O2/c1-2-15-30-17-19-31(20-18-30)16-14-26-28(23-8-11-25(12-9-23)33(34)35)29-27-13-10-24(21-32(26)27)22-6-4-3-5-7-22/h3-13,21H,2,14-20H2,1H3. The molecule has 4 aromatic rings. The number of nitrogens with zero attached hydrogens (tertiary/aromatic N) is 5. The average Bonchev–Trinajstić information content (AvgIpc) is 3.27. The van der Waals surface area contributed by atoms with Crippen molar-refractivity contribution in [3.8, 4) is 22.4 Å². The van der Waals surface area contributed by atoms with Gasteiger partial charge < -0.3 is 14.2 Å². The first kappa shape index (κ1) is 23.2. The van der Waals surface area contributed by atoms with Crippen LogP contribution in [0.1, 0.15) is 19.0 Å². The van der Waals surface area contributed by atoms with E-state index in [-0.39, 0.29) is 10.6 Å². The van der Waals surface area contributed by atoms with Crippen LogP contribution in [0.3, 0.4) is 0 Å². The van der Waals surface area contributed by atoms with Crippen LogP contribution in [-0.2, 0) is 6.42 Å². The molecule has 0 aliphatic carbocycles. The van der Waals surface area contributed by atoms with Crippen molar-refractivity contribution in [3.05, 3.63) is 88.7 Å². The summed E-state index contributed by atoms with van der Waals surface area (Å²) in [4.78, 5) is 20.8. The number of non-ortho nitro benzene ring substituents is 1. The van der Waals surface area contributed by atoms with Crippen LogP contribution in [0, 0.1) is 10.1 Å². The zero-order valence-corrected chi connectivity index (χ0v) is 20.1. The zero-order chi connectivity index (χ0) is 24.2. The molecule has 0 unspecified atom stereocenters. The topological polar surface area (TPSA) is 66.9 Å². The van der Waals surface area contributed by atoms with Crippen molar-refractivity contribution in [2.75, 3.05) is 39.3 Å². The number of hydrogen-bond acceptors (Lipinski definition) is 5. The Balaban J connectivity index is 1.48. The van der Waals surface area contributed by atoms with Crippen LogP contribution < -0.4 is 0 Å². The van der Waals surface area contributed by atoms with Gasteiger partial charge in [-0.05, 0) is 48.4 Å². The van der Waals surface area contributed by atoms with Gasteiger partial charge in [0.2, 0.25) is 0 Å². The highest BCUT2D eigenvalue weighted by Gasteiger charge is 2.20. The summed E-state index contributed by atoms with van der Waals surface area (Å²) in [7, 11) is 0. The van der Waals surface area contributed by atoms with Crippen LogP contribution in [0.2, 0.25) is 0 Å². The maximum absolute atomic E-state index is 11.1. The summed E-state index contributed by atoms with van der Waals surface area (Å²) in [5, 5.41) is 11.1. The van der Waals surface area contributed by atoms with Gasteiger partial charge in [0.25, 0.3) is 5.69 Å². The van der Waals surface area contributed by atoms with E-state index in [1.54, 1.807) is 12.1 Å². The Bertz CT molecular complexity index is 1290. The van der Waals surface area contributed by atoms with Gasteiger partial charge in [0.05, 0.1) is 16.3 Å². The quantitative estimate of drug-likeness (QED) is 0.264. The van der Waals surface area contributed by atoms with E-state index in [1.165, 1.54) is 13.0 Å². The third-order valence-electron chi connectivity index (χ3n) is 6.85. The molecule has 1 saturated heterocycles. The molecule has 0 atom stereocenters. The molecule has 180 valence electrons. The van der Waals surface area contributed by atoms with Gasteiger partial charge in [-0.15, -0.1) is 0 Å². The Morgan fingerprint density at radius 3 is 2.14 bits per heavy atom. The number of imidazole rings is 1. The zero-order valence-electron chi connectivity index (χ0n) is 20.1. The summed E-state index contributed by atoms with van der Waals surface area (Å²) in [5.41, 5.74) is 6.23. The van der Waals surface area contributed by atoms with E-state index in [2.05, 4.69) is 63.7 Å². The minimum Gasteiger partial charge on any atom is -0.303 e. The van der Waals surface area contributed by atoms with Crippen LogP contribution >= 0.6 is 0 Å². The first-order valence-corrected chi connectivity index (χ1v) is 12.4. The van der Waals surface area contributed by atoms with E-state index in [4.69, 9.17) is 4.98 Å². The number of fused-ring (bicyclic) bond motifs is 1. The van der Waals surface area contributed by atoms with Gasteiger partial charge in [0.1, 0.15) is 5.65 Å². The van der Waals surface area contributed by atoms with Gasteiger partial charge in [-0.1, -0.05) is 37.3 Å². The molecule has 0 spiro atoms. The highest BCUT2D eigenvalue weighted by Crippen LogP contribution is 2.29. The molecule has 2 aromatic carbocycles. The molecule has 35 heavy (non-hydrogen) atoms. The number of piperazine rings is 1. The molecule has 7 nitrogen and oxygen atoms in total. The number of aromatic nitrogens is 2. The number of nitro benzene ring substituents is 1. The number of benzene rings is 2. The Hall–Kier alpha value is -3.55. The molecule has 0 saturated carbocycles. The average molecular weight is 470 g/mol. The van der Waals surface area contributed by atoms with Gasteiger partial charge in [0.15, 0.2) is 0 Å². The van der Waals surface area contributed by atoms with E-state index in [9.17, 15) is 10.1 Å². The van der Waals surface area contributed by atoms with Gasteiger partial charge in [0, 0.05) is 63.0 Å². The van der Waals surface area contributed by atoms with Gasteiger partial charge in [-0.2, -0.15) is 0 Å². The maximum Gasteiger partial charge on any atom is 0.269 e. The Morgan fingerprint density at radius 1 is 0.829 bits per heavy atom. The molecule has 1 aliphatic heterocycles. The molecule has 7 heteroatoms. The smallest absolute Gasteiger partial charge is 0.269 e. The fourth-order valence-electron chi connectivity index (χ4n) is 4.92. The summed E-state index contributed by atoms with van der Waals surface area (Å²) in [6, 6.07) is 21.3. The van der Waals surface area contributed by atoms with Crippen molar-refractivity contribution < 1.29 is 4.92 Å². The number of rotatable bonds is 8. The fraction of sp³-hybridized carbons (Fsp3) is 0.321. The van der Waals surface area contributed by atoms with Crippen molar-refractivity contribution in [3.63, 3.8) is 0 Å². The molecule has 3 heterocycles. The highest BCUT2D eigenvalue weighted by atomic mass is 16.6. The molecular formula is C28H31N5O2. The van der Waals surface area contributed by atoms with E-state index in [0.29, 0.717) is 0 Å². The van der Waals surface area contributed by atoms with E-state index < -0.39 is 0 Å². The second-order valence-corrected chi connectivity index (χ2v) is 9.16. The van der Waals surface area contributed by atoms with Crippen LogP contribution in [0.5, 0.6) is 0 Å². The van der Waals surface area contributed by atoms with Crippen LogP contribution in [0.15, 0.2) is 72.9 Å². The molecule has 2 aromatic heterocycles. The second kappa shape index (κ2) is 10.4. The molecule has 0 radical (unpaired) electrons. The first-order valence-electron chi connectivity index (χ1n) is 12.4. The number of pyridine rings is 1. The SMILES string of the molecule is CCCN1CCN(CCc2c(-c3ccc([N+](=O)[O-])cc3)nc3ccc(-c4ccccc4)cn23)CC1. The van der Waals surface area contributed by atoms with Gasteiger partial charge in [-0.3, -0.25) is 10.1 Å². The van der Waals surface area contributed by atoms with Crippen LogP contribution in [-0.4, -0.2) is 63.4 Å². The molecule has 1 aliphatic rings. The summed E-state index contributed by atoms with van der Waals surface area (Å²) >= 11 is 0. The lowest BCUT2D eigenvalue weighted by Gasteiger charge is -2.34. The van der Waals surface area contributed by atoms with Crippen molar-refractivity contribution in [2.24, 2.45) is 0 Å². The molecule has 0 bridgehead atoms. The third kappa shape index (κ3) is 5.11. The summed E-state index contributed by atoms with van der Waals surface area (Å²) in [6.45, 7) is 8.78. The predicted octanol–water partition coefficient (Wildman–Crippen LogP) is 5.15. The largest absolute Gasteiger partial charge is 0.303 e. The van der Waals surface area contributed by atoms with E-state index >= 15 is 0 Å². The summed E-state index contributed by atoms with van der Waals surface area (Å²) in [6.07, 6.45) is 4.23. The lowest BCUT2D eigenvalue weighted by molar-refractivity contribution is -0.384. The van der Waals surface area contributed by atoms with Crippen molar-refractivity contribution in [1.82, 2.24) is 19.2 Å². The Morgan fingerprint density at radius 2 is 1.49 bits per heavy atom. The maximum atomic E-state index is 11.1. The molecule has 1 fully saturated rings. The number of hydrogen-bond donors (Lipinski definition) is 0. The van der Waals surface area contributed by atoms with E-state index in [1.807, 2.05) is 18.2 Å². The van der Waals surface area contributed by atoms with E-state index in [0.717, 1.165) is 72.9 Å². The monoisotopic (exact) mass is 469 g/mol. The molecular weight excluding hydrogens is 438 g/mol. The Labute approximate surface area is 205 Å². The first-order chi connectivity index (χ1) is 17.1. The summed E-state index contributed by atoms with van der Waals surface area (Å²) in [5.74, 6) is 0.